The van der Waals surface area contributed by atoms with Gasteiger partial charge in [-0.2, -0.15) is 0 Å². The topological polar surface area (TPSA) is 85.4 Å². The molecule has 0 saturated heterocycles. The highest BCUT2D eigenvalue weighted by Crippen LogP contribution is 2.28. The number of rotatable bonds is 6. The number of methoxy groups -OCH3 is 2. The number of hydrogen-bond acceptors (Lipinski definition) is 6. The number of hydrogen-bond donors (Lipinski definition) is 2. The molecule has 2 N–H and O–H groups in total. The normalized spacial score (nSPS) is 10.2. The van der Waals surface area contributed by atoms with E-state index in [0.29, 0.717) is 33.7 Å². The van der Waals surface area contributed by atoms with E-state index in [9.17, 15) is 4.79 Å². The molecule has 1 amide bonds. The molecular weight excluding hydrogens is 368 g/mol. The average Bonchev–Trinajstić information content (AvgIpc) is 2.69. The molecule has 3 aromatic rings. The van der Waals surface area contributed by atoms with Crippen LogP contribution in [0.2, 0.25) is 5.02 Å². The highest BCUT2D eigenvalue weighted by Gasteiger charge is 2.12. The van der Waals surface area contributed by atoms with Crippen LogP contribution in [0.15, 0.2) is 54.9 Å². The van der Waals surface area contributed by atoms with E-state index < -0.39 is 0 Å². The molecule has 0 fully saturated rings. The zero-order chi connectivity index (χ0) is 19.2. The Balaban J connectivity index is 1.71. The van der Waals surface area contributed by atoms with Gasteiger partial charge < -0.3 is 20.1 Å². The first-order valence-electron chi connectivity index (χ1n) is 7.97. The second-order valence-corrected chi connectivity index (χ2v) is 5.89. The minimum Gasteiger partial charge on any atom is -0.497 e. The van der Waals surface area contributed by atoms with Crippen molar-refractivity contribution in [1.29, 1.82) is 0 Å². The first-order valence-corrected chi connectivity index (χ1v) is 8.35. The fourth-order valence-electron chi connectivity index (χ4n) is 2.31. The van der Waals surface area contributed by atoms with Crippen molar-refractivity contribution in [2.45, 2.75) is 0 Å². The van der Waals surface area contributed by atoms with Gasteiger partial charge in [0, 0.05) is 29.2 Å². The van der Waals surface area contributed by atoms with Crippen LogP contribution in [0.25, 0.3) is 0 Å². The van der Waals surface area contributed by atoms with Crippen LogP contribution < -0.4 is 20.1 Å². The van der Waals surface area contributed by atoms with E-state index in [4.69, 9.17) is 21.1 Å². The summed E-state index contributed by atoms with van der Waals surface area (Å²) in [4.78, 5) is 20.8. The molecule has 0 aliphatic heterocycles. The van der Waals surface area contributed by atoms with E-state index in [0.717, 1.165) is 5.69 Å². The molecule has 1 aromatic heterocycles. The van der Waals surface area contributed by atoms with Gasteiger partial charge in [0.2, 0.25) is 5.95 Å². The SMILES string of the molecule is COc1cccc(Nc2ncc(C(=O)Nc3cc(Cl)ccc3OC)cn2)c1. The van der Waals surface area contributed by atoms with E-state index >= 15 is 0 Å². The van der Waals surface area contributed by atoms with Crippen LogP contribution in [-0.2, 0) is 0 Å². The predicted octanol–water partition coefficient (Wildman–Crippen LogP) is 4.14. The Morgan fingerprint density at radius 2 is 1.81 bits per heavy atom. The molecule has 2 aromatic carbocycles. The Labute approximate surface area is 161 Å². The average molecular weight is 385 g/mol. The summed E-state index contributed by atoms with van der Waals surface area (Å²) in [5.74, 6) is 1.21. The maximum absolute atomic E-state index is 12.4. The molecule has 138 valence electrons. The summed E-state index contributed by atoms with van der Waals surface area (Å²) in [7, 11) is 3.11. The Morgan fingerprint density at radius 3 is 2.52 bits per heavy atom. The second kappa shape index (κ2) is 8.37. The molecule has 0 aliphatic carbocycles. The van der Waals surface area contributed by atoms with E-state index in [1.54, 1.807) is 25.3 Å². The lowest BCUT2D eigenvalue weighted by Crippen LogP contribution is -2.13. The van der Waals surface area contributed by atoms with Crippen LogP contribution >= 0.6 is 11.6 Å². The fourth-order valence-corrected chi connectivity index (χ4v) is 2.48. The molecule has 1 heterocycles. The van der Waals surface area contributed by atoms with E-state index in [-0.39, 0.29) is 5.91 Å². The summed E-state index contributed by atoms with van der Waals surface area (Å²) in [6.07, 6.45) is 2.86. The number of nitrogens with zero attached hydrogens (tertiary/aromatic N) is 2. The molecule has 0 saturated carbocycles. The zero-order valence-corrected chi connectivity index (χ0v) is 15.4. The number of benzene rings is 2. The van der Waals surface area contributed by atoms with Crippen molar-refractivity contribution in [1.82, 2.24) is 9.97 Å². The van der Waals surface area contributed by atoms with Crippen molar-refractivity contribution in [2.24, 2.45) is 0 Å². The highest BCUT2D eigenvalue weighted by atomic mass is 35.5. The summed E-state index contributed by atoms with van der Waals surface area (Å²) in [6, 6.07) is 12.3. The van der Waals surface area contributed by atoms with Crippen LogP contribution in [0.5, 0.6) is 11.5 Å². The maximum Gasteiger partial charge on any atom is 0.258 e. The van der Waals surface area contributed by atoms with Gasteiger partial charge in [0.15, 0.2) is 0 Å². The van der Waals surface area contributed by atoms with Crippen LogP contribution in [0.1, 0.15) is 10.4 Å². The molecule has 0 radical (unpaired) electrons. The third-order valence-corrected chi connectivity index (χ3v) is 3.88. The number of anilines is 3. The number of halogens is 1. The molecule has 27 heavy (non-hydrogen) atoms. The number of carbonyl (C=O) groups is 1. The second-order valence-electron chi connectivity index (χ2n) is 5.45. The Hall–Kier alpha value is -3.32. The number of nitrogens with one attached hydrogen (secondary N) is 2. The quantitative estimate of drug-likeness (QED) is 0.664. The molecule has 7 nitrogen and oxygen atoms in total. The minimum atomic E-state index is -0.372. The molecule has 0 aliphatic rings. The van der Waals surface area contributed by atoms with Crippen molar-refractivity contribution in [3.63, 3.8) is 0 Å². The van der Waals surface area contributed by atoms with Gasteiger partial charge in [0.1, 0.15) is 11.5 Å². The van der Waals surface area contributed by atoms with Crippen LogP contribution in [0.3, 0.4) is 0 Å². The minimum absolute atomic E-state index is 0.299. The van der Waals surface area contributed by atoms with Gasteiger partial charge in [-0.25, -0.2) is 9.97 Å². The molecule has 0 spiro atoms. The lowest BCUT2D eigenvalue weighted by atomic mass is 10.2. The first-order chi connectivity index (χ1) is 13.1. The van der Waals surface area contributed by atoms with Crippen LogP contribution in [-0.4, -0.2) is 30.1 Å². The van der Waals surface area contributed by atoms with Gasteiger partial charge >= 0.3 is 0 Å². The summed E-state index contributed by atoms with van der Waals surface area (Å²) >= 11 is 5.97. The molecule has 0 unspecified atom stereocenters. The number of amides is 1. The Morgan fingerprint density at radius 1 is 1.04 bits per heavy atom. The summed E-state index contributed by atoms with van der Waals surface area (Å²) in [5.41, 5.74) is 1.54. The summed E-state index contributed by atoms with van der Waals surface area (Å²) in [5, 5.41) is 6.27. The van der Waals surface area contributed by atoms with Gasteiger partial charge in [-0.1, -0.05) is 17.7 Å². The Bertz CT molecular complexity index is 948. The lowest BCUT2D eigenvalue weighted by Gasteiger charge is -2.11. The predicted molar refractivity (Wildman–Crippen MR) is 104 cm³/mol. The van der Waals surface area contributed by atoms with Crippen molar-refractivity contribution in [3.05, 3.63) is 65.4 Å². The Kier molecular flexibility index (Phi) is 5.73. The molecule has 0 atom stereocenters. The van der Waals surface area contributed by atoms with Gasteiger partial charge in [0.05, 0.1) is 25.5 Å². The largest absolute Gasteiger partial charge is 0.497 e. The zero-order valence-electron chi connectivity index (χ0n) is 14.7. The van der Waals surface area contributed by atoms with E-state index in [1.165, 1.54) is 19.5 Å². The van der Waals surface area contributed by atoms with Crippen molar-refractivity contribution < 1.29 is 14.3 Å². The number of ether oxygens (including phenoxy) is 2. The van der Waals surface area contributed by atoms with E-state index in [2.05, 4.69) is 20.6 Å². The van der Waals surface area contributed by atoms with Crippen LogP contribution in [0, 0.1) is 0 Å². The lowest BCUT2D eigenvalue weighted by molar-refractivity contribution is 0.102. The van der Waals surface area contributed by atoms with Crippen molar-refractivity contribution in [2.75, 3.05) is 24.9 Å². The van der Waals surface area contributed by atoms with Crippen molar-refractivity contribution >= 4 is 34.8 Å². The van der Waals surface area contributed by atoms with Gasteiger partial charge in [-0.3, -0.25) is 4.79 Å². The molecule has 0 bridgehead atoms. The van der Waals surface area contributed by atoms with E-state index in [1.807, 2.05) is 24.3 Å². The smallest absolute Gasteiger partial charge is 0.258 e. The fraction of sp³-hybridized carbons (Fsp3) is 0.105. The van der Waals surface area contributed by atoms with Crippen molar-refractivity contribution in [3.8, 4) is 11.5 Å². The third-order valence-electron chi connectivity index (χ3n) is 3.65. The monoisotopic (exact) mass is 384 g/mol. The molecular formula is C19H17ClN4O3. The van der Waals surface area contributed by atoms with Gasteiger partial charge in [-0.15, -0.1) is 0 Å². The standard InChI is InChI=1S/C19H17ClN4O3/c1-26-15-5-3-4-14(9-15)23-19-21-10-12(11-22-19)18(25)24-16-8-13(20)6-7-17(16)27-2/h3-11H,1-2H3,(H,24,25)(H,21,22,23). The summed E-state index contributed by atoms with van der Waals surface area (Å²) in [6.45, 7) is 0. The maximum atomic E-state index is 12.4. The molecule has 8 heteroatoms. The summed E-state index contributed by atoms with van der Waals surface area (Å²) < 4.78 is 10.4. The first kappa shape index (κ1) is 18.5. The van der Waals surface area contributed by atoms with Gasteiger partial charge in [-0.05, 0) is 30.3 Å². The van der Waals surface area contributed by atoms with Crippen LogP contribution in [0.4, 0.5) is 17.3 Å². The third kappa shape index (κ3) is 4.65. The van der Waals surface area contributed by atoms with Gasteiger partial charge in [0.25, 0.3) is 5.91 Å². The number of aromatic nitrogens is 2. The highest BCUT2D eigenvalue weighted by molar-refractivity contribution is 6.31. The molecule has 3 rings (SSSR count). The number of carbonyl (C=O) groups excluding carboxylic acids is 1.